The summed E-state index contributed by atoms with van der Waals surface area (Å²) >= 11 is 3.89. The van der Waals surface area contributed by atoms with E-state index in [2.05, 4.69) is 17.6 Å². The average molecular weight is 195 g/mol. The number of aromatic carboxylic acids is 1. The summed E-state index contributed by atoms with van der Waals surface area (Å²) in [7, 11) is 0. The number of nitrogens with zero attached hydrogens (tertiary/aromatic N) is 1. The van der Waals surface area contributed by atoms with Crippen LogP contribution in [0.1, 0.15) is 10.4 Å². The summed E-state index contributed by atoms with van der Waals surface area (Å²) in [4.78, 5) is 14.6. The Morgan fingerprint density at radius 2 is 2.31 bits per heavy atom. The summed E-state index contributed by atoms with van der Waals surface area (Å²) in [6, 6.07) is 4.75. The second-order valence-corrected chi connectivity index (χ2v) is 2.84. The summed E-state index contributed by atoms with van der Waals surface area (Å²) in [5.41, 5.74) is 0.871. The lowest BCUT2D eigenvalue weighted by molar-refractivity contribution is 0.0697. The van der Waals surface area contributed by atoms with Gasteiger partial charge in [-0.15, -0.1) is 0 Å². The number of carboxylic acid groups (broad SMARTS) is 1. The lowest BCUT2D eigenvalue weighted by Gasteiger charge is -1.92. The summed E-state index contributed by atoms with van der Waals surface area (Å²) < 4.78 is 5.03. The number of para-hydroxylation sites is 1. The number of aromatic nitrogens is 1. The lowest BCUT2D eigenvalue weighted by Crippen LogP contribution is -1.95. The predicted molar refractivity (Wildman–Crippen MR) is 48.2 cm³/mol. The molecule has 1 heterocycles. The second-order valence-electron chi connectivity index (χ2n) is 2.46. The lowest BCUT2D eigenvalue weighted by atomic mass is 10.2. The van der Waals surface area contributed by atoms with Crippen LogP contribution >= 0.6 is 12.6 Å². The number of hydrogen-bond acceptors (Lipinski definition) is 4. The van der Waals surface area contributed by atoms with Crippen molar-refractivity contribution < 1.29 is 14.3 Å². The van der Waals surface area contributed by atoms with Crippen molar-refractivity contribution in [3.63, 3.8) is 0 Å². The molecule has 66 valence electrons. The zero-order valence-electron chi connectivity index (χ0n) is 6.39. The standard InChI is InChI=1S/C8H5NO3S/c10-7(11)4-2-1-3-5-6(4)12-8(13)9-5/h1-3H,(H,9,13)(H,10,11). The Balaban J connectivity index is 2.82. The van der Waals surface area contributed by atoms with Crippen LogP contribution < -0.4 is 0 Å². The van der Waals surface area contributed by atoms with Crippen molar-refractivity contribution in [2.45, 2.75) is 5.22 Å². The SMILES string of the molecule is O=C(O)c1cccc2nc(S)oc12. The van der Waals surface area contributed by atoms with Crippen LogP contribution in [0, 0.1) is 0 Å². The van der Waals surface area contributed by atoms with E-state index < -0.39 is 5.97 Å². The first-order valence-electron chi connectivity index (χ1n) is 3.50. The summed E-state index contributed by atoms with van der Waals surface area (Å²) in [6.45, 7) is 0. The van der Waals surface area contributed by atoms with E-state index in [9.17, 15) is 4.79 Å². The van der Waals surface area contributed by atoms with Crippen molar-refractivity contribution in [2.24, 2.45) is 0 Å². The van der Waals surface area contributed by atoms with Crippen molar-refractivity contribution in [1.82, 2.24) is 4.98 Å². The highest BCUT2D eigenvalue weighted by atomic mass is 32.1. The number of oxazole rings is 1. The third-order valence-electron chi connectivity index (χ3n) is 1.63. The number of benzene rings is 1. The van der Waals surface area contributed by atoms with Crippen LogP contribution in [0.15, 0.2) is 27.8 Å². The molecule has 0 unspecified atom stereocenters. The predicted octanol–water partition coefficient (Wildman–Crippen LogP) is 1.81. The summed E-state index contributed by atoms with van der Waals surface area (Å²) in [5.74, 6) is -1.03. The highest BCUT2D eigenvalue weighted by Crippen LogP contribution is 2.21. The third-order valence-corrected chi connectivity index (χ3v) is 1.83. The molecule has 5 heteroatoms. The molecule has 0 saturated carbocycles. The van der Waals surface area contributed by atoms with Gasteiger partial charge in [0, 0.05) is 0 Å². The van der Waals surface area contributed by atoms with Gasteiger partial charge in [-0.05, 0) is 12.1 Å². The Hall–Kier alpha value is -1.49. The molecule has 0 amide bonds. The molecule has 4 nitrogen and oxygen atoms in total. The quantitative estimate of drug-likeness (QED) is 0.681. The van der Waals surface area contributed by atoms with E-state index in [1.165, 1.54) is 6.07 Å². The van der Waals surface area contributed by atoms with Crippen LogP contribution in [0.5, 0.6) is 0 Å². The van der Waals surface area contributed by atoms with E-state index in [1.54, 1.807) is 12.1 Å². The van der Waals surface area contributed by atoms with Crippen LogP contribution in [0.4, 0.5) is 0 Å². The van der Waals surface area contributed by atoms with Crippen molar-refractivity contribution in [1.29, 1.82) is 0 Å². The molecule has 0 spiro atoms. The van der Waals surface area contributed by atoms with Crippen LogP contribution in [0.3, 0.4) is 0 Å². The van der Waals surface area contributed by atoms with Gasteiger partial charge in [0.05, 0.1) is 0 Å². The minimum Gasteiger partial charge on any atom is -0.478 e. The smallest absolute Gasteiger partial charge is 0.339 e. The van der Waals surface area contributed by atoms with E-state index in [1.807, 2.05) is 0 Å². The Kier molecular flexibility index (Phi) is 1.73. The van der Waals surface area contributed by atoms with Gasteiger partial charge in [-0.25, -0.2) is 9.78 Å². The van der Waals surface area contributed by atoms with Crippen LogP contribution in [-0.2, 0) is 0 Å². The van der Waals surface area contributed by atoms with Gasteiger partial charge < -0.3 is 9.52 Å². The van der Waals surface area contributed by atoms with Crippen molar-refractivity contribution in [2.75, 3.05) is 0 Å². The van der Waals surface area contributed by atoms with Crippen molar-refractivity contribution >= 4 is 29.7 Å². The molecule has 0 aliphatic heterocycles. The van der Waals surface area contributed by atoms with Gasteiger partial charge in [0.25, 0.3) is 5.22 Å². The van der Waals surface area contributed by atoms with E-state index in [4.69, 9.17) is 9.52 Å². The number of rotatable bonds is 1. The topological polar surface area (TPSA) is 63.3 Å². The number of carbonyl (C=O) groups is 1. The maximum Gasteiger partial charge on any atom is 0.339 e. The fourth-order valence-electron chi connectivity index (χ4n) is 1.11. The number of hydrogen-bond donors (Lipinski definition) is 2. The molecule has 0 aliphatic rings. The van der Waals surface area contributed by atoms with Gasteiger partial charge in [-0.1, -0.05) is 18.7 Å². The maximum absolute atomic E-state index is 10.7. The van der Waals surface area contributed by atoms with Crippen LogP contribution in [0.25, 0.3) is 11.1 Å². The molecule has 1 aromatic heterocycles. The summed E-state index contributed by atoms with van der Waals surface area (Å²) in [5, 5.41) is 8.95. The molecule has 13 heavy (non-hydrogen) atoms. The molecule has 2 rings (SSSR count). The molecular formula is C8H5NO3S. The Morgan fingerprint density at radius 3 is 3.00 bits per heavy atom. The first-order chi connectivity index (χ1) is 6.18. The second kappa shape index (κ2) is 2.77. The highest BCUT2D eigenvalue weighted by molar-refractivity contribution is 7.80. The van der Waals surface area contributed by atoms with Gasteiger partial charge in [0.15, 0.2) is 5.58 Å². The minimum absolute atomic E-state index is 0.102. The van der Waals surface area contributed by atoms with Gasteiger partial charge in [-0.3, -0.25) is 0 Å². The first-order valence-corrected chi connectivity index (χ1v) is 3.95. The Bertz CT molecular complexity index is 477. The molecule has 0 bridgehead atoms. The minimum atomic E-state index is -1.03. The van der Waals surface area contributed by atoms with Gasteiger partial charge in [0.2, 0.25) is 0 Å². The molecule has 0 atom stereocenters. The Morgan fingerprint density at radius 1 is 1.54 bits per heavy atom. The van der Waals surface area contributed by atoms with E-state index in [0.717, 1.165) is 0 Å². The maximum atomic E-state index is 10.7. The normalized spacial score (nSPS) is 10.5. The van der Waals surface area contributed by atoms with Crippen LogP contribution in [0.2, 0.25) is 0 Å². The molecule has 0 aliphatic carbocycles. The average Bonchev–Trinajstić information content (AvgIpc) is 2.43. The molecule has 2 aromatic rings. The van der Waals surface area contributed by atoms with Crippen molar-refractivity contribution in [3.8, 4) is 0 Å². The third kappa shape index (κ3) is 1.27. The monoisotopic (exact) mass is 195 g/mol. The van der Waals surface area contributed by atoms with E-state index >= 15 is 0 Å². The zero-order chi connectivity index (χ0) is 9.42. The molecule has 1 N–H and O–H groups in total. The molecular weight excluding hydrogens is 190 g/mol. The molecule has 0 radical (unpaired) electrons. The molecule has 0 saturated heterocycles. The van der Waals surface area contributed by atoms with E-state index in [-0.39, 0.29) is 16.4 Å². The zero-order valence-corrected chi connectivity index (χ0v) is 7.28. The van der Waals surface area contributed by atoms with Crippen LogP contribution in [-0.4, -0.2) is 16.1 Å². The number of carboxylic acids is 1. The largest absolute Gasteiger partial charge is 0.478 e. The van der Waals surface area contributed by atoms with Gasteiger partial charge >= 0.3 is 5.97 Å². The van der Waals surface area contributed by atoms with Gasteiger partial charge in [-0.2, -0.15) is 0 Å². The fourth-order valence-corrected chi connectivity index (χ4v) is 1.30. The van der Waals surface area contributed by atoms with Gasteiger partial charge in [0.1, 0.15) is 11.1 Å². The number of fused-ring (bicyclic) bond motifs is 1. The van der Waals surface area contributed by atoms with Crippen molar-refractivity contribution in [3.05, 3.63) is 23.8 Å². The fraction of sp³-hybridized carbons (Fsp3) is 0. The number of thiol groups is 1. The first kappa shape index (κ1) is 8.12. The Labute approximate surface area is 78.6 Å². The summed E-state index contributed by atoms with van der Waals surface area (Å²) in [6.07, 6.45) is 0. The van der Waals surface area contributed by atoms with E-state index in [0.29, 0.717) is 5.52 Å². The highest BCUT2D eigenvalue weighted by Gasteiger charge is 2.12. The molecule has 1 aromatic carbocycles. The molecule has 0 fully saturated rings.